The number of fused-ring (bicyclic) bond motifs is 1. The zero-order valence-electron chi connectivity index (χ0n) is 10.5. The topological polar surface area (TPSA) is 79.3 Å². The number of aromatic carboxylic acids is 1. The number of nitrogens with one attached hydrogen (secondary N) is 1. The highest BCUT2D eigenvalue weighted by molar-refractivity contribution is 7.17. The molecule has 1 aliphatic carbocycles. The molecule has 5 nitrogen and oxygen atoms in total. The Balaban J connectivity index is 1.74. The summed E-state index contributed by atoms with van der Waals surface area (Å²) >= 11 is 2.49. The third-order valence-electron chi connectivity index (χ3n) is 3.11. The van der Waals surface area contributed by atoms with E-state index in [1.807, 2.05) is 0 Å². The van der Waals surface area contributed by atoms with Crippen molar-refractivity contribution < 1.29 is 14.7 Å². The number of carboxylic acid groups (broad SMARTS) is 1. The van der Waals surface area contributed by atoms with E-state index in [1.54, 1.807) is 0 Å². The number of nitrogens with zero attached hydrogens (tertiary/aromatic N) is 1. The van der Waals surface area contributed by atoms with Gasteiger partial charge in [0.05, 0.1) is 10.6 Å². The first kappa shape index (κ1) is 13.3. The average molecular weight is 308 g/mol. The van der Waals surface area contributed by atoms with Crippen LogP contribution >= 0.6 is 22.7 Å². The highest BCUT2D eigenvalue weighted by Crippen LogP contribution is 2.30. The number of hydrogen-bond acceptors (Lipinski definition) is 5. The largest absolute Gasteiger partial charge is 0.477 e. The normalized spacial score (nSPS) is 13.8. The third-order valence-corrected chi connectivity index (χ3v) is 5.25. The van der Waals surface area contributed by atoms with Crippen LogP contribution in [0, 0.1) is 0 Å². The van der Waals surface area contributed by atoms with Crippen LogP contribution in [0.4, 0.5) is 5.13 Å². The van der Waals surface area contributed by atoms with Crippen LogP contribution in [0.25, 0.3) is 0 Å². The summed E-state index contributed by atoms with van der Waals surface area (Å²) in [5, 5.41) is 12.2. The van der Waals surface area contributed by atoms with Crippen LogP contribution in [-0.4, -0.2) is 22.0 Å². The Hall–Kier alpha value is -1.73. The minimum Gasteiger partial charge on any atom is -0.477 e. The van der Waals surface area contributed by atoms with Crippen molar-refractivity contribution in [1.82, 2.24) is 4.98 Å². The Bertz CT molecular complexity index is 651. The van der Waals surface area contributed by atoms with Gasteiger partial charge in [0.25, 0.3) is 5.91 Å². The Morgan fingerprint density at radius 1 is 1.15 bits per heavy atom. The Labute approximate surface area is 123 Å². The minimum atomic E-state index is -1.02. The minimum absolute atomic E-state index is 0.161. The highest BCUT2D eigenvalue weighted by Gasteiger charge is 2.18. The molecule has 2 aromatic heterocycles. The first-order valence-corrected chi connectivity index (χ1v) is 7.90. The van der Waals surface area contributed by atoms with Crippen molar-refractivity contribution in [3.05, 3.63) is 32.5 Å². The molecule has 3 rings (SSSR count). The van der Waals surface area contributed by atoms with E-state index in [0.29, 0.717) is 10.0 Å². The molecule has 0 saturated carbocycles. The maximum atomic E-state index is 12.0. The number of rotatable bonds is 3. The molecule has 2 aromatic rings. The van der Waals surface area contributed by atoms with Crippen LogP contribution in [0.15, 0.2) is 12.1 Å². The van der Waals surface area contributed by atoms with Crippen molar-refractivity contribution in [3.8, 4) is 0 Å². The number of hydrogen-bond donors (Lipinski definition) is 2. The van der Waals surface area contributed by atoms with Gasteiger partial charge in [-0.05, 0) is 37.8 Å². The van der Waals surface area contributed by atoms with Gasteiger partial charge < -0.3 is 5.11 Å². The van der Waals surface area contributed by atoms with Gasteiger partial charge >= 0.3 is 5.97 Å². The predicted octanol–water partition coefficient (Wildman–Crippen LogP) is 3.03. The molecule has 0 bridgehead atoms. The average Bonchev–Trinajstić information content (AvgIpc) is 3.04. The second kappa shape index (κ2) is 5.34. The Kier molecular flexibility index (Phi) is 3.54. The van der Waals surface area contributed by atoms with E-state index in [1.165, 1.54) is 34.8 Å². The van der Waals surface area contributed by atoms with Crippen LogP contribution in [0.3, 0.4) is 0 Å². The number of carbonyl (C=O) groups is 2. The molecule has 0 radical (unpaired) electrons. The highest BCUT2D eigenvalue weighted by atomic mass is 32.1. The SMILES string of the molecule is O=C(O)c1ccc(C(=O)Nc2nc3c(s2)CCCC3)s1. The summed E-state index contributed by atoms with van der Waals surface area (Å²) in [6.07, 6.45) is 4.33. The molecule has 0 unspecified atom stereocenters. The van der Waals surface area contributed by atoms with Gasteiger partial charge in [-0.1, -0.05) is 0 Å². The zero-order chi connectivity index (χ0) is 14.1. The molecular formula is C13H12N2O3S2. The maximum Gasteiger partial charge on any atom is 0.345 e. The lowest BCUT2D eigenvalue weighted by Crippen LogP contribution is -2.09. The van der Waals surface area contributed by atoms with E-state index in [-0.39, 0.29) is 10.8 Å². The summed E-state index contributed by atoms with van der Waals surface area (Å²) in [5.74, 6) is -1.31. The van der Waals surface area contributed by atoms with Gasteiger partial charge in [0.1, 0.15) is 4.88 Å². The van der Waals surface area contributed by atoms with Gasteiger partial charge in [0.15, 0.2) is 5.13 Å². The van der Waals surface area contributed by atoms with Crippen molar-refractivity contribution in [3.63, 3.8) is 0 Å². The fourth-order valence-corrected chi connectivity index (χ4v) is 3.92. The molecule has 0 saturated heterocycles. The number of thiophene rings is 1. The fourth-order valence-electron chi connectivity index (χ4n) is 2.14. The van der Waals surface area contributed by atoms with Crippen molar-refractivity contribution in [2.45, 2.75) is 25.7 Å². The lowest BCUT2D eigenvalue weighted by molar-refractivity contribution is 0.0702. The number of carboxylic acids is 1. The molecule has 2 heterocycles. The van der Waals surface area contributed by atoms with Gasteiger partial charge in [-0.15, -0.1) is 22.7 Å². The molecule has 1 aliphatic rings. The predicted molar refractivity (Wildman–Crippen MR) is 78.0 cm³/mol. The Morgan fingerprint density at radius 3 is 2.60 bits per heavy atom. The van der Waals surface area contributed by atoms with Crippen molar-refractivity contribution in [2.75, 3.05) is 5.32 Å². The van der Waals surface area contributed by atoms with Crippen molar-refractivity contribution in [1.29, 1.82) is 0 Å². The molecule has 0 aliphatic heterocycles. The molecule has 1 amide bonds. The number of thiazole rings is 1. The van der Waals surface area contributed by atoms with E-state index in [4.69, 9.17) is 5.11 Å². The summed E-state index contributed by atoms with van der Waals surface area (Å²) in [6, 6.07) is 2.96. The van der Waals surface area contributed by atoms with Gasteiger partial charge in [0, 0.05) is 4.88 Å². The van der Waals surface area contributed by atoms with Crippen LogP contribution in [-0.2, 0) is 12.8 Å². The van der Waals surface area contributed by atoms with Gasteiger partial charge in [-0.2, -0.15) is 0 Å². The molecule has 104 valence electrons. The maximum absolute atomic E-state index is 12.0. The van der Waals surface area contributed by atoms with Crippen molar-refractivity contribution in [2.24, 2.45) is 0 Å². The summed E-state index contributed by atoms with van der Waals surface area (Å²) in [5.41, 5.74) is 1.09. The summed E-state index contributed by atoms with van der Waals surface area (Å²) < 4.78 is 0. The molecule has 0 atom stereocenters. The van der Waals surface area contributed by atoms with E-state index in [2.05, 4.69) is 10.3 Å². The molecule has 0 aromatic carbocycles. The lowest BCUT2D eigenvalue weighted by Gasteiger charge is -2.06. The number of aryl methyl sites for hydroxylation is 2. The lowest BCUT2D eigenvalue weighted by atomic mass is 10.0. The summed E-state index contributed by atoms with van der Waals surface area (Å²) in [6.45, 7) is 0. The third kappa shape index (κ3) is 2.59. The van der Waals surface area contributed by atoms with Gasteiger partial charge in [-0.25, -0.2) is 9.78 Å². The standard InChI is InChI=1S/C13H12N2O3S2/c16-11(9-5-6-10(19-9)12(17)18)15-13-14-7-3-1-2-4-8(7)20-13/h5-6H,1-4H2,(H,17,18)(H,14,15,16). The van der Waals surface area contributed by atoms with Crippen molar-refractivity contribution >= 4 is 39.7 Å². The van der Waals surface area contributed by atoms with Gasteiger partial charge in [-0.3, -0.25) is 10.1 Å². The molecule has 7 heteroatoms. The number of anilines is 1. The Morgan fingerprint density at radius 2 is 1.90 bits per heavy atom. The molecule has 20 heavy (non-hydrogen) atoms. The second-order valence-corrected chi connectivity index (χ2v) is 6.69. The smallest absolute Gasteiger partial charge is 0.345 e. The molecule has 2 N–H and O–H groups in total. The number of carbonyl (C=O) groups excluding carboxylic acids is 1. The molecule has 0 fully saturated rings. The molecular weight excluding hydrogens is 296 g/mol. The fraction of sp³-hybridized carbons (Fsp3) is 0.308. The monoisotopic (exact) mass is 308 g/mol. The van der Waals surface area contributed by atoms with E-state index < -0.39 is 5.97 Å². The summed E-state index contributed by atoms with van der Waals surface area (Å²) in [4.78, 5) is 29.1. The van der Waals surface area contributed by atoms with E-state index in [9.17, 15) is 9.59 Å². The quantitative estimate of drug-likeness (QED) is 0.913. The second-order valence-electron chi connectivity index (χ2n) is 4.52. The van der Waals surface area contributed by atoms with Crippen LogP contribution in [0.1, 0.15) is 42.8 Å². The summed E-state index contributed by atoms with van der Waals surface area (Å²) in [7, 11) is 0. The van der Waals surface area contributed by atoms with Gasteiger partial charge in [0.2, 0.25) is 0 Å². The van der Waals surface area contributed by atoms with Crippen LogP contribution in [0.2, 0.25) is 0 Å². The first-order chi connectivity index (χ1) is 9.63. The van der Waals surface area contributed by atoms with Crippen LogP contribution < -0.4 is 5.32 Å². The zero-order valence-corrected chi connectivity index (χ0v) is 12.1. The van der Waals surface area contributed by atoms with E-state index in [0.717, 1.165) is 36.3 Å². The number of amides is 1. The molecule has 0 spiro atoms. The van der Waals surface area contributed by atoms with Crippen LogP contribution in [0.5, 0.6) is 0 Å². The van der Waals surface area contributed by atoms with E-state index >= 15 is 0 Å². The number of aromatic nitrogens is 1. The first-order valence-electron chi connectivity index (χ1n) is 6.26.